The van der Waals surface area contributed by atoms with Crippen molar-refractivity contribution < 1.29 is 4.79 Å². The fourth-order valence-electron chi connectivity index (χ4n) is 3.13. The van der Waals surface area contributed by atoms with Gasteiger partial charge in [-0.05, 0) is 30.7 Å². The van der Waals surface area contributed by atoms with E-state index in [4.69, 9.17) is 5.73 Å². The Balaban J connectivity index is 1.69. The van der Waals surface area contributed by atoms with Gasteiger partial charge < -0.3 is 15.5 Å². The first-order valence-corrected chi connectivity index (χ1v) is 8.78. The van der Waals surface area contributed by atoms with Crippen LogP contribution in [0.3, 0.4) is 0 Å². The first kappa shape index (κ1) is 17.6. The van der Waals surface area contributed by atoms with Gasteiger partial charge in [-0.2, -0.15) is 0 Å². The summed E-state index contributed by atoms with van der Waals surface area (Å²) in [6.07, 6.45) is 5.91. The third-order valence-electron chi connectivity index (χ3n) is 4.52. The second-order valence-corrected chi connectivity index (χ2v) is 6.41. The fourth-order valence-corrected chi connectivity index (χ4v) is 3.13. The zero-order valence-electron chi connectivity index (χ0n) is 15.5. The molecule has 0 aliphatic rings. The molecule has 0 saturated carbocycles. The van der Waals surface area contributed by atoms with Crippen LogP contribution in [0.2, 0.25) is 0 Å². The zero-order valence-corrected chi connectivity index (χ0v) is 15.5. The van der Waals surface area contributed by atoms with E-state index in [0.717, 1.165) is 28.3 Å². The summed E-state index contributed by atoms with van der Waals surface area (Å²) in [5.74, 6) is 0.105. The van der Waals surface area contributed by atoms with Crippen molar-refractivity contribution in [2.75, 3.05) is 12.8 Å². The van der Waals surface area contributed by atoms with Crippen LogP contribution < -0.4 is 11.1 Å². The topological polar surface area (TPSA) is 111 Å². The summed E-state index contributed by atoms with van der Waals surface area (Å²) >= 11 is 0. The minimum atomic E-state index is -0.107. The molecule has 3 aromatic heterocycles. The van der Waals surface area contributed by atoms with Gasteiger partial charge in [-0.1, -0.05) is 12.1 Å². The number of nitrogens with zero attached hydrogens (tertiary/aromatic N) is 5. The van der Waals surface area contributed by atoms with Crippen molar-refractivity contribution in [1.82, 2.24) is 29.7 Å². The summed E-state index contributed by atoms with van der Waals surface area (Å²) in [7, 11) is 1.62. The van der Waals surface area contributed by atoms with E-state index in [9.17, 15) is 4.79 Å². The Morgan fingerprint density at radius 1 is 1.21 bits per heavy atom. The summed E-state index contributed by atoms with van der Waals surface area (Å²) in [4.78, 5) is 29.2. The minimum absolute atomic E-state index is 0.107. The Morgan fingerprint density at radius 2 is 2.07 bits per heavy atom. The molecule has 0 atom stereocenters. The lowest BCUT2D eigenvalue weighted by atomic mass is 10.1. The number of carbonyl (C=O) groups is 1. The van der Waals surface area contributed by atoms with Crippen LogP contribution in [-0.4, -0.2) is 37.3 Å². The van der Waals surface area contributed by atoms with Crippen LogP contribution in [0.15, 0.2) is 48.9 Å². The number of hydrogen-bond acceptors (Lipinski definition) is 6. The standard InChI is InChI=1S/C20H19N7O/c1-12-18(16-6-7-23-20(21)25-16)26-17-10-24-15(11-27(12)17)9-13-4-3-5-14(8-13)19(28)22-2/h3-8,10-11H,9H2,1-2H3,(H,22,28)(H2,21,23,25). The van der Waals surface area contributed by atoms with Crippen molar-refractivity contribution in [3.63, 3.8) is 0 Å². The molecule has 8 nitrogen and oxygen atoms in total. The fraction of sp³-hybridized carbons (Fsp3) is 0.150. The lowest BCUT2D eigenvalue weighted by Gasteiger charge is -2.06. The molecule has 1 aromatic carbocycles. The summed E-state index contributed by atoms with van der Waals surface area (Å²) < 4.78 is 1.98. The molecule has 0 bridgehead atoms. The van der Waals surface area contributed by atoms with Crippen molar-refractivity contribution in [2.24, 2.45) is 0 Å². The average molecular weight is 373 g/mol. The second-order valence-electron chi connectivity index (χ2n) is 6.41. The lowest BCUT2D eigenvalue weighted by molar-refractivity contribution is 0.0963. The van der Waals surface area contributed by atoms with E-state index in [2.05, 4.69) is 25.3 Å². The molecule has 0 saturated heterocycles. The highest BCUT2D eigenvalue weighted by Gasteiger charge is 2.13. The number of nitrogen functional groups attached to an aromatic ring is 1. The molecule has 28 heavy (non-hydrogen) atoms. The van der Waals surface area contributed by atoms with E-state index in [-0.39, 0.29) is 11.9 Å². The Kier molecular flexibility index (Phi) is 4.44. The van der Waals surface area contributed by atoms with E-state index < -0.39 is 0 Å². The number of anilines is 1. The molecular weight excluding hydrogens is 354 g/mol. The summed E-state index contributed by atoms with van der Waals surface area (Å²) in [5.41, 5.74) is 11.3. The normalized spacial score (nSPS) is 10.9. The van der Waals surface area contributed by atoms with Crippen LogP contribution in [0.4, 0.5) is 5.95 Å². The Bertz CT molecular complexity index is 1180. The number of rotatable bonds is 4. The molecule has 3 N–H and O–H groups in total. The van der Waals surface area contributed by atoms with E-state index in [1.54, 1.807) is 31.6 Å². The maximum atomic E-state index is 11.8. The van der Waals surface area contributed by atoms with Crippen LogP contribution in [-0.2, 0) is 6.42 Å². The van der Waals surface area contributed by atoms with Gasteiger partial charge >= 0.3 is 0 Å². The Morgan fingerprint density at radius 3 is 2.86 bits per heavy atom. The molecule has 4 aromatic rings. The SMILES string of the molecule is CNC(=O)c1cccc(Cc2cn3c(C)c(-c4ccnc(N)n4)nc3cn2)c1. The first-order chi connectivity index (χ1) is 13.5. The van der Waals surface area contributed by atoms with Crippen molar-refractivity contribution in [3.05, 3.63) is 71.4 Å². The maximum Gasteiger partial charge on any atom is 0.251 e. The van der Waals surface area contributed by atoms with E-state index in [0.29, 0.717) is 17.7 Å². The first-order valence-electron chi connectivity index (χ1n) is 8.78. The van der Waals surface area contributed by atoms with Crippen LogP contribution in [0, 0.1) is 6.92 Å². The predicted octanol–water partition coefficient (Wildman–Crippen LogP) is 2.03. The van der Waals surface area contributed by atoms with Gasteiger partial charge in [-0.15, -0.1) is 0 Å². The van der Waals surface area contributed by atoms with E-state index in [1.165, 1.54) is 0 Å². The molecule has 4 rings (SSSR count). The highest BCUT2D eigenvalue weighted by atomic mass is 16.1. The summed E-state index contributed by atoms with van der Waals surface area (Å²) in [6, 6.07) is 9.30. The van der Waals surface area contributed by atoms with E-state index in [1.807, 2.05) is 35.7 Å². The molecule has 140 valence electrons. The number of imidazole rings is 1. The second kappa shape index (κ2) is 7.07. The summed E-state index contributed by atoms with van der Waals surface area (Å²) in [6.45, 7) is 1.98. The number of hydrogen-bond donors (Lipinski definition) is 2. The van der Waals surface area contributed by atoms with Crippen LogP contribution in [0.25, 0.3) is 17.0 Å². The van der Waals surface area contributed by atoms with Crippen LogP contribution in [0.5, 0.6) is 0 Å². The van der Waals surface area contributed by atoms with Crippen LogP contribution in [0.1, 0.15) is 27.3 Å². The smallest absolute Gasteiger partial charge is 0.251 e. The number of benzene rings is 1. The number of nitrogens with one attached hydrogen (secondary N) is 1. The van der Waals surface area contributed by atoms with Gasteiger partial charge in [-0.3, -0.25) is 9.78 Å². The quantitative estimate of drug-likeness (QED) is 0.566. The van der Waals surface area contributed by atoms with Gasteiger partial charge in [0.15, 0.2) is 5.65 Å². The Hall–Kier alpha value is -3.81. The average Bonchev–Trinajstić information content (AvgIpc) is 3.04. The molecule has 0 spiro atoms. The number of fused-ring (bicyclic) bond motifs is 1. The highest BCUT2D eigenvalue weighted by molar-refractivity contribution is 5.94. The number of carbonyl (C=O) groups excluding carboxylic acids is 1. The van der Waals surface area contributed by atoms with Gasteiger partial charge in [0, 0.05) is 37.1 Å². The molecule has 0 aliphatic carbocycles. The minimum Gasteiger partial charge on any atom is -0.368 e. The van der Waals surface area contributed by atoms with Crippen molar-refractivity contribution in [3.8, 4) is 11.4 Å². The lowest BCUT2D eigenvalue weighted by Crippen LogP contribution is -2.17. The number of aromatic nitrogens is 5. The van der Waals surface area contributed by atoms with E-state index >= 15 is 0 Å². The van der Waals surface area contributed by atoms with Gasteiger partial charge in [0.05, 0.1) is 17.6 Å². The summed E-state index contributed by atoms with van der Waals surface area (Å²) in [5, 5.41) is 2.64. The van der Waals surface area contributed by atoms with Crippen molar-refractivity contribution in [1.29, 1.82) is 0 Å². The monoisotopic (exact) mass is 373 g/mol. The predicted molar refractivity (Wildman–Crippen MR) is 106 cm³/mol. The molecule has 8 heteroatoms. The van der Waals surface area contributed by atoms with Gasteiger partial charge in [0.1, 0.15) is 5.69 Å². The molecule has 3 heterocycles. The molecule has 1 amide bonds. The van der Waals surface area contributed by atoms with Gasteiger partial charge in [0.25, 0.3) is 5.91 Å². The third kappa shape index (κ3) is 3.27. The third-order valence-corrected chi connectivity index (χ3v) is 4.52. The molecule has 0 unspecified atom stereocenters. The molecule has 0 radical (unpaired) electrons. The maximum absolute atomic E-state index is 11.8. The van der Waals surface area contributed by atoms with Crippen molar-refractivity contribution >= 4 is 17.5 Å². The van der Waals surface area contributed by atoms with Gasteiger partial charge in [-0.25, -0.2) is 15.0 Å². The largest absolute Gasteiger partial charge is 0.368 e. The Labute approximate surface area is 161 Å². The highest BCUT2D eigenvalue weighted by Crippen LogP contribution is 2.22. The number of nitrogens with two attached hydrogens (primary N) is 1. The van der Waals surface area contributed by atoms with Gasteiger partial charge in [0.2, 0.25) is 5.95 Å². The number of aryl methyl sites for hydroxylation is 1. The van der Waals surface area contributed by atoms with Crippen LogP contribution >= 0.6 is 0 Å². The molecule has 0 fully saturated rings. The zero-order chi connectivity index (χ0) is 19.7. The van der Waals surface area contributed by atoms with Crippen molar-refractivity contribution in [2.45, 2.75) is 13.3 Å². The molecular formula is C20H19N7O. The number of amides is 1. The molecule has 0 aliphatic heterocycles.